The molecule has 2 aliphatic rings. The number of nitrogens with two attached hydrogens (primary N) is 1. The Bertz CT molecular complexity index is 1180. The summed E-state index contributed by atoms with van der Waals surface area (Å²) in [5, 5.41) is 10.0. The molecule has 0 amide bonds. The van der Waals surface area contributed by atoms with Gasteiger partial charge in [0.25, 0.3) is 0 Å². The highest BCUT2D eigenvalue weighted by molar-refractivity contribution is 6.31. The molecule has 0 radical (unpaired) electrons. The normalized spacial score (nSPS) is 19.1. The fraction of sp³-hybridized carbons (Fsp3) is 0.250. The smallest absolute Gasteiger partial charge is 0.161 e. The average Bonchev–Trinajstić information content (AvgIpc) is 2.71. The van der Waals surface area contributed by atoms with Gasteiger partial charge in [0.1, 0.15) is 11.6 Å². The van der Waals surface area contributed by atoms with Crippen molar-refractivity contribution in [2.45, 2.75) is 39.0 Å². The Morgan fingerprint density at radius 1 is 1.20 bits per heavy atom. The third-order valence-corrected chi connectivity index (χ3v) is 6.11. The summed E-state index contributed by atoms with van der Waals surface area (Å²) in [4.78, 5) is 14.8. The summed E-state index contributed by atoms with van der Waals surface area (Å²) in [5.74, 6) is -0.785. The number of nitriles is 1. The van der Waals surface area contributed by atoms with Crippen LogP contribution >= 0.6 is 11.6 Å². The molecule has 30 heavy (non-hydrogen) atoms. The average molecular weight is 422 g/mol. The molecule has 2 aromatic rings. The number of ketones is 1. The number of aryl methyl sites for hydroxylation is 2. The van der Waals surface area contributed by atoms with Gasteiger partial charge in [0, 0.05) is 23.4 Å². The van der Waals surface area contributed by atoms with Crippen molar-refractivity contribution >= 4 is 23.1 Å². The van der Waals surface area contributed by atoms with Crippen molar-refractivity contribution in [2.24, 2.45) is 5.73 Å². The number of carbonyl (C=O) groups excluding carboxylic acids is 1. The summed E-state index contributed by atoms with van der Waals surface area (Å²) in [6.07, 6.45) is 1.76. The molecule has 1 aliphatic carbocycles. The molecule has 0 saturated heterocycles. The van der Waals surface area contributed by atoms with Crippen LogP contribution in [0.4, 0.5) is 10.1 Å². The molecule has 6 heteroatoms. The molecule has 1 aliphatic heterocycles. The van der Waals surface area contributed by atoms with Crippen LogP contribution in [-0.4, -0.2) is 5.78 Å². The fourth-order valence-electron chi connectivity index (χ4n) is 4.39. The van der Waals surface area contributed by atoms with Gasteiger partial charge in [-0.15, -0.1) is 0 Å². The zero-order valence-corrected chi connectivity index (χ0v) is 17.6. The summed E-state index contributed by atoms with van der Waals surface area (Å²) in [5.41, 5.74) is 11.7. The zero-order chi connectivity index (χ0) is 21.6. The predicted molar refractivity (Wildman–Crippen MR) is 115 cm³/mol. The number of rotatable bonds is 2. The van der Waals surface area contributed by atoms with Gasteiger partial charge in [0.05, 0.1) is 22.6 Å². The number of nitrogens with zero attached hydrogens (tertiary/aromatic N) is 2. The van der Waals surface area contributed by atoms with Gasteiger partial charge in [-0.1, -0.05) is 35.4 Å². The number of halogens is 2. The van der Waals surface area contributed by atoms with Crippen molar-refractivity contribution in [3.63, 3.8) is 0 Å². The maximum atomic E-state index is 13.8. The number of Topliss-reactive ketones (excluding diaryl/α,β-unsaturated/α-hetero) is 1. The second-order valence-corrected chi connectivity index (χ2v) is 8.18. The zero-order valence-electron chi connectivity index (χ0n) is 16.8. The Hall–Kier alpha value is -3.10. The van der Waals surface area contributed by atoms with E-state index >= 15 is 0 Å². The molecule has 0 unspecified atom stereocenters. The van der Waals surface area contributed by atoms with E-state index in [9.17, 15) is 14.4 Å². The summed E-state index contributed by atoms with van der Waals surface area (Å²) in [7, 11) is 0. The van der Waals surface area contributed by atoms with Gasteiger partial charge in [-0.05, 0) is 56.0 Å². The molecule has 0 fully saturated rings. The molecule has 4 nitrogen and oxygen atoms in total. The molecule has 2 N–H and O–H groups in total. The van der Waals surface area contributed by atoms with E-state index < -0.39 is 11.7 Å². The molecular weight excluding hydrogens is 401 g/mol. The van der Waals surface area contributed by atoms with Gasteiger partial charge in [0.2, 0.25) is 0 Å². The third kappa shape index (κ3) is 3.18. The molecular formula is C24H21ClFN3O. The second-order valence-electron chi connectivity index (χ2n) is 7.77. The Labute approximate surface area is 180 Å². The van der Waals surface area contributed by atoms with Crippen molar-refractivity contribution in [3.05, 3.63) is 86.6 Å². The van der Waals surface area contributed by atoms with Crippen LogP contribution in [0.3, 0.4) is 0 Å². The maximum absolute atomic E-state index is 13.8. The fourth-order valence-corrected chi connectivity index (χ4v) is 4.56. The van der Waals surface area contributed by atoms with Crippen molar-refractivity contribution in [2.75, 3.05) is 4.90 Å². The van der Waals surface area contributed by atoms with Gasteiger partial charge in [0.15, 0.2) is 5.78 Å². The van der Waals surface area contributed by atoms with Crippen molar-refractivity contribution < 1.29 is 9.18 Å². The Morgan fingerprint density at radius 2 is 1.97 bits per heavy atom. The van der Waals surface area contributed by atoms with Crippen molar-refractivity contribution in [1.82, 2.24) is 0 Å². The van der Waals surface area contributed by atoms with E-state index in [4.69, 9.17) is 17.3 Å². The first kappa shape index (κ1) is 20.2. The lowest BCUT2D eigenvalue weighted by Gasteiger charge is -2.40. The Balaban J connectivity index is 2.00. The number of anilines is 1. The number of hydrogen-bond acceptors (Lipinski definition) is 4. The van der Waals surface area contributed by atoms with E-state index in [2.05, 4.69) is 6.07 Å². The first-order valence-corrected chi connectivity index (χ1v) is 10.2. The van der Waals surface area contributed by atoms with E-state index in [1.54, 1.807) is 11.0 Å². The van der Waals surface area contributed by atoms with Crippen LogP contribution in [0, 0.1) is 31.0 Å². The van der Waals surface area contributed by atoms with Crippen LogP contribution < -0.4 is 10.6 Å². The summed E-state index contributed by atoms with van der Waals surface area (Å²) in [6.45, 7) is 3.95. The summed E-state index contributed by atoms with van der Waals surface area (Å²) in [6, 6.07) is 12.6. The van der Waals surface area contributed by atoms with Crippen LogP contribution in [-0.2, 0) is 4.79 Å². The van der Waals surface area contributed by atoms with Crippen LogP contribution in [0.15, 0.2) is 59.1 Å². The van der Waals surface area contributed by atoms with Gasteiger partial charge < -0.3 is 5.73 Å². The molecule has 0 spiro atoms. The second kappa shape index (κ2) is 7.62. The third-order valence-electron chi connectivity index (χ3n) is 5.82. The van der Waals surface area contributed by atoms with Crippen LogP contribution in [0.5, 0.6) is 0 Å². The number of hydrogen-bond donors (Lipinski definition) is 1. The lowest BCUT2D eigenvalue weighted by Crippen LogP contribution is -2.38. The highest BCUT2D eigenvalue weighted by Gasteiger charge is 2.40. The Kier molecular flexibility index (Phi) is 5.13. The van der Waals surface area contributed by atoms with Crippen molar-refractivity contribution in [1.29, 1.82) is 5.26 Å². The maximum Gasteiger partial charge on any atom is 0.161 e. The molecule has 2 aromatic carbocycles. The van der Waals surface area contributed by atoms with E-state index in [1.807, 2.05) is 32.0 Å². The monoisotopic (exact) mass is 421 g/mol. The summed E-state index contributed by atoms with van der Waals surface area (Å²) < 4.78 is 13.8. The first-order chi connectivity index (χ1) is 14.3. The minimum atomic E-state index is -0.539. The van der Waals surface area contributed by atoms with Crippen LogP contribution in [0.1, 0.15) is 41.9 Å². The van der Waals surface area contributed by atoms with E-state index in [0.29, 0.717) is 36.1 Å². The van der Waals surface area contributed by atoms with Gasteiger partial charge in [-0.25, -0.2) is 4.39 Å². The highest BCUT2D eigenvalue weighted by atomic mass is 35.5. The molecule has 4 rings (SSSR count). The van der Waals surface area contributed by atoms with E-state index in [-0.39, 0.29) is 16.6 Å². The molecule has 0 aromatic heterocycles. The van der Waals surface area contributed by atoms with Gasteiger partial charge in [-0.3, -0.25) is 9.69 Å². The largest absolute Gasteiger partial charge is 0.384 e. The molecule has 0 saturated carbocycles. The van der Waals surface area contributed by atoms with Crippen molar-refractivity contribution in [3.8, 4) is 6.07 Å². The topological polar surface area (TPSA) is 70.1 Å². The lowest BCUT2D eigenvalue weighted by molar-refractivity contribution is -0.116. The number of benzene rings is 2. The highest BCUT2D eigenvalue weighted by Crippen LogP contribution is 2.47. The van der Waals surface area contributed by atoms with Gasteiger partial charge >= 0.3 is 0 Å². The quantitative estimate of drug-likeness (QED) is 0.704. The SMILES string of the molecule is Cc1ccc(C)c([C@H]2C(C#N)=C(N)N(c3ccc(F)c(Cl)c3)C3=C2C(=O)CCC3)c1. The van der Waals surface area contributed by atoms with E-state index in [0.717, 1.165) is 22.4 Å². The molecule has 1 heterocycles. The number of allylic oxidation sites excluding steroid dienone is 3. The number of carbonyl (C=O) groups is 1. The first-order valence-electron chi connectivity index (χ1n) is 9.81. The summed E-state index contributed by atoms with van der Waals surface area (Å²) >= 11 is 6.01. The molecule has 152 valence electrons. The van der Waals surface area contributed by atoms with E-state index in [1.165, 1.54) is 12.1 Å². The molecule has 0 bridgehead atoms. The van der Waals surface area contributed by atoms with Crippen LogP contribution in [0.25, 0.3) is 0 Å². The lowest BCUT2D eigenvalue weighted by atomic mass is 9.74. The molecule has 1 atom stereocenters. The minimum absolute atomic E-state index is 0.0145. The minimum Gasteiger partial charge on any atom is -0.384 e. The Morgan fingerprint density at radius 3 is 2.67 bits per heavy atom. The van der Waals surface area contributed by atoms with Gasteiger partial charge in [-0.2, -0.15) is 5.26 Å². The van der Waals surface area contributed by atoms with Crippen LogP contribution in [0.2, 0.25) is 5.02 Å². The standard InChI is InChI=1S/C24H21ClFN3O/c1-13-6-7-14(2)16(10-13)22-17(12-27)24(28)29(15-8-9-19(26)18(25)11-15)20-4-3-5-21(30)23(20)22/h6-11,22H,3-5,28H2,1-2H3/t22-/m0/s1. The predicted octanol–water partition coefficient (Wildman–Crippen LogP) is 5.40.